The van der Waals surface area contributed by atoms with Crippen LogP contribution in [0.2, 0.25) is 0 Å². The van der Waals surface area contributed by atoms with Gasteiger partial charge in [-0.1, -0.05) is 0 Å². The molecule has 0 aliphatic rings. The van der Waals surface area contributed by atoms with Gasteiger partial charge < -0.3 is 4.57 Å². The first kappa shape index (κ1) is 21.0. The second-order valence-electron chi connectivity index (χ2n) is 6.83. The summed E-state index contributed by atoms with van der Waals surface area (Å²) in [4.78, 5) is 8.68. The largest absolute Gasteiger partial charge is 0.416 e. The number of hydrogen-bond acceptors (Lipinski definition) is 4. The third-order valence-corrected chi connectivity index (χ3v) is 6.38. The number of hydrogen-bond donors (Lipinski definition) is 1. The summed E-state index contributed by atoms with van der Waals surface area (Å²) < 4.78 is 67.5. The molecule has 0 atom stereocenters. The van der Waals surface area contributed by atoms with Gasteiger partial charge in [-0.3, -0.25) is 9.97 Å². The smallest absolute Gasteiger partial charge is 0.316 e. The number of rotatable bonds is 4. The zero-order chi connectivity index (χ0) is 22.4. The van der Waals surface area contributed by atoms with E-state index >= 15 is 0 Å². The van der Waals surface area contributed by atoms with Crippen LogP contribution in [0.1, 0.15) is 11.3 Å². The van der Waals surface area contributed by atoms with Gasteiger partial charge in [0.15, 0.2) is 0 Å². The summed E-state index contributed by atoms with van der Waals surface area (Å²) in [5, 5.41) is 0.583. The van der Waals surface area contributed by atoms with E-state index in [1.54, 1.807) is 30.0 Å². The Hall–Kier alpha value is -3.24. The first-order chi connectivity index (χ1) is 14.6. The van der Waals surface area contributed by atoms with E-state index in [9.17, 15) is 21.6 Å². The van der Waals surface area contributed by atoms with Crippen molar-refractivity contribution in [3.05, 3.63) is 72.3 Å². The SMILES string of the molecule is CNS(=O)(=O)c1ccc2c(c1)c(-c1nccnc1C)cn2-c1ccc(C(F)(F)F)cc1. The molecule has 31 heavy (non-hydrogen) atoms. The van der Waals surface area contributed by atoms with Crippen LogP contribution in [0.25, 0.3) is 27.8 Å². The van der Waals surface area contributed by atoms with Crippen molar-refractivity contribution >= 4 is 20.9 Å². The first-order valence-corrected chi connectivity index (χ1v) is 10.6. The molecule has 0 aliphatic heterocycles. The zero-order valence-electron chi connectivity index (χ0n) is 16.5. The predicted octanol–water partition coefficient (Wildman–Crippen LogP) is 4.32. The highest BCUT2D eigenvalue weighted by molar-refractivity contribution is 7.89. The average Bonchev–Trinajstić information content (AvgIpc) is 3.12. The standard InChI is InChI=1S/C21H17F3N4O2S/c1-13-20(27-10-9-26-13)18-12-28(15-5-3-14(4-6-15)21(22,23)24)19-8-7-16(11-17(18)19)31(29,30)25-2/h3-12,25H,1-2H3. The summed E-state index contributed by atoms with van der Waals surface area (Å²) in [6.45, 7) is 1.78. The molecule has 2 heterocycles. The van der Waals surface area contributed by atoms with Crippen molar-refractivity contribution in [2.45, 2.75) is 18.0 Å². The highest BCUT2D eigenvalue weighted by atomic mass is 32.2. The number of halogens is 3. The maximum absolute atomic E-state index is 12.9. The van der Waals surface area contributed by atoms with Crippen molar-refractivity contribution in [3.63, 3.8) is 0 Å². The van der Waals surface area contributed by atoms with E-state index in [-0.39, 0.29) is 4.90 Å². The normalized spacial score (nSPS) is 12.4. The summed E-state index contributed by atoms with van der Waals surface area (Å²) in [5.41, 5.74) is 2.17. The summed E-state index contributed by atoms with van der Waals surface area (Å²) in [7, 11) is -2.38. The molecule has 0 saturated carbocycles. The van der Waals surface area contributed by atoms with Crippen molar-refractivity contribution in [2.24, 2.45) is 0 Å². The maximum atomic E-state index is 12.9. The number of sulfonamides is 1. The van der Waals surface area contributed by atoms with Crippen molar-refractivity contribution in [2.75, 3.05) is 7.05 Å². The Kier molecular flexibility index (Phi) is 5.06. The quantitative estimate of drug-likeness (QED) is 0.507. The molecule has 0 fully saturated rings. The maximum Gasteiger partial charge on any atom is 0.416 e. The lowest BCUT2D eigenvalue weighted by molar-refractivity contribution is -0.137. The van der Waals surface area contributed by atoms with E-state index in [2.05, 4.69) is 14.7 Å². The second kappa shape index (κ2) is 7.47. The number of aryl methyl sites for hydroxylation is 1. The molecule has 0 unspecified atom stereocenters. The second-order valence-corrected chi connectivity index (χ2v) is 8.72. The van der Waals surface area contributed by atoms with E-state index in [0.29, 0.717) is 33.5 Å². The van der Waals surface area contributed by atoms with Gasteiger partial charge in [-0.25, -0.2) is 13.1 Å². The molecule has 0 amide bonds. The van der Waals surface area contributed by atoms with Crippen LogP contribution in [0.15, 0.2) is 66.0 Å². The summed E-state index contributed by atoms with van der Waals surface area (Å²) in [6, 6.07) is 9.34. The number of nitrogens with one attached hydrogen (secondary N) is 1. The molecular weight excluding hydrogens is 429 g/mol. The molecule has 2 aromatic carbocycles. The third kappa shape index (κ3) is 3.79. The summed E-state index contributed by atoms with van der Waals surface area (Å²) in [5.74, 6) is 0. The van der Waals surface area contributed by atoms with Gasteiger partial charge in [0, 0.05) is 35.2 Å². The Morgan fingerprint density at radius 2 is 1.68 bits per heavy atom. The van der Waals surface area contributed by atoms with E-state index in [0.717, 1.165) is 12.1 Å². The third-order valence-electron chi connectivity index (χ3n) is 4.96. The molecule has 0 spiro atoms. The van der Waals surface area contributed by atoms with Gasteiger partial charge in [0.1, 0.15) is 0 Å². The van der Waals surface area contributed by atoms with Crippen molar-refractivity contribution in [1.82, 2.24) is 19.3 Å². The first-order valence-electron chi connectivity index (χ1n) is 9.16. The van der Waals surface area contributed by atoms with Gasteiger partial charge in [0.25, 0.3) is 0 Å². The lowest BCUT2D eigenvalue weighted by Crippen LogP contribution is -2.18. The van der Waals surface area contributed by atoms with Gasteiger partial charge in [-0.2, -0.15) is 13.2 Å². The fourth-order valence-electron chi connectivity index (χ4n) is 3.38. The fourth-order valence-corrected chi connectivity index (χ4v) is 4.14. The monoisotopic (exact) mass is 446 g/mol. The molecule has 0 aliphatic carbocycles. The molecule has 0 saturated heterocycles. The molecule has 6 nitrogen and oxygen atoms in total. The number of alkyl halides is 3. The van der Waals surface area contributed by atoms with E-state index in [4.69, 9.17) is 0 Å². The Balaban J connectivity index is 1.98. The predicted molar refractivity (Wildman–Crippen MR) is 110 cm³/mol. The Morgan fingerprint density at radius 3 is 2.29 bits per heavy atom. The van der Waals surface area contributed by atoms with Gasteiger partial charge in [-0.05, 0) is 56.4 Å². The molecular formula is C21H17F3N4O2S. The molecule has 160 valence electrons. The highest BCUT2D eigenvalue weighted by Crippen LogP contribution is 2.35. The lowest BCUT2D eigenvalue weighted by Gasteiger charge is -2.09. The lowest BCUT2D eigenvalue weighted by atomic mass is 10.1. The van der Waals surface area contributed by atoms with Gasteiger partial charge >= 0.3 is 6.18 Å². The van der Waals surface area contributed by atoms with Crippen LogP contribution < -0.4 is 4.72 Å². The minimum atomic E-state index is -4.43. The molecule has 0 bridgehead atoms. The highest BCUT2D eigenvalue weighted by Gasteiger charge is 2.30. The Labute approximate surface area is 176 Å². The van der Waals surface area contributed by atoms with E-state index in [1.807, 2.05) is 0 Å². The minimum absolute atomic E-state index is 0.0652. The molecule has 10 heteroatoms. The number of nitrogens with zero attached hydrogens (tertiary/aromatic N) is 3. The number of fused-ring (bicyclic) bond motifs is 1. The van der Waals surface area contributed by atoms with Gasteiger partial charge in [-0.15, -0.1) is 0 Å². The van der Waals surface area contributed by atoms with Gasteiger partial charge in [0.2, 0.25) is 10.0 Å². The van der Waals surface area contributed by atoms with E-state index in [1.165, 1.54) is 37.5 Å². The number of benzene rings is 2. The molecule has 0 radical (unpaired) electrons. The van der Waals surface area contributed by atoms with Crippen LogP contribution >= 0.6 is 0 Å². The minimum Gasteiger partial charge on any atom is -0.316 e. The van der Waals surface area contributed by atoms with Crippen LogP contribution in [0, 0.1) is 6.92 Å². The summed E-state index contributed by atoms with van der Waals surface area (Å²) in [6.07, 6.45) is 0.359. The van der Waals surface area contributed by atoms with Crippen molar-refractivity contribution in [3.8, 4) is 16.9 Å². The van der Waals surface area contributed by atoms with Crippen LogP contribution in [-0.4, -0.2) is 30.0 Å². The molecule has 2 aromatic heterocycles. The number of aromatic nitrogens is 3. The molecule has 4 aromatic rings. The van der Waals surface area contributed by atoms with Crippen molar-refractivity contribution < 1.29 is 21.6 Å². The topological polar surface area (TPSA) is 76.9 Å². The Bertz CT molecular complexity index is 1380. The molecule has 4 rings (SSSR count). The Morgan fingerprint density at radius 1 is 1.00 bits per heavy atom. The van der Waals surface area contributed by atoms with Gasteiger partial charge in [0.05, 0.1) is 27.4 Å². The zero-order valence-corrected chi connectivity index (χ0v) is 17.3. The fraction of sp³-hybridized carbons (Fsp3) is 0.143. The van der Waals surface area contributed by atoms with E-state index < -0.39 is 21.8 Å². The summed E-state index contributed by atoms with van der Waals surface area (Å²) >= 11 is 0. The van der Waals surface area contributed by atoms with Crippen LogP contribution in [0.4, 0.5) is 13.2 Å². The average molecular weight is 446 g/mol. The van der Waals surface area contributed by atoms with Crippen LogP contribution in [0.5, 0.6) is 0 Å². The van der Waals surface area contributed by atoms with Crippen LogP contribution in [-0.2, 0) is 16.2 Å². The van der Waals surface area contributed by atoms with Crippen molar-refractivity contribution in [1.29, 1.82) is 0 Å². The molecule has 1 N–H and O–H groups in total. The van der Waals surface area contributed by atoms with Crippen LogP contribution in [0.3, 0.4) is 0 Å².